The Labute approximate surface area is 258 Å². The van der Waals surface area contributed by atoms with E-state index in [1.54, 1.807) is 36.5 Å². The number of sulfone groups is 1. The number of nitrogens with zero attached hydrogens (tertiary/aromatic N) is 1. The fraction of sp³-hybridized carbons (Fsp3) is 0.433. The number of benzene rings is 2. The topological polar surface area (TPSA) is 112 Å². The highest BCUT2D eigenvalue weighted by atomic mass is 32.2. The van der Waals surface area contributed by atoms with E-state index in [1.807, 2.05) is 6.07 Å². The fourth-order valence-electron chi connectivity index (χ4n) is 6.49. The second-order valence-electron chi connectivity index (χ2n) is 11.6. The van der Waals surface area contributed by atoms with E-state index in [2.05, 4.69) is 45.8 Å². The SMILES string of the molecule is COC(=O)[C@H](Cc1cn([Si](C(C)C)(C(C)C)C(C)C)c2cccc(/C=C/S(=O)(=O)c3ccccc3)c12)NS(=O)(=O)C(F)(F)F. The molecule has 0 saturated carbocycles. The number of nitrogens with one attached hydrogen (secondary N) is 1. The Hall–Kier alpha value is -2.94. The molecule has 0 saturated heterocycles. The number of aromatic nitrogens is 1. The van der Waals surface area contributed by atoms with Gasteiger partial charge in [-0.15, -0.1) is 0 Å². The molecule has 0 spiro atoms. The molecule has 1 heterocycles. The van der Waals surface area contributed by atoms with E-state index in [1.165, 1.54) is 22.9 Å². The van der Waals surface area contributed by atoms with Crippen molar-refractivity contribution < 1.29 is 39.5 Å². The molecule has 242 valence electrons. The average molecular weight is 673 g/mol. The van der Waals surface area contributed by atoms with Gasteiger partial charge < -0.3 is 8.97 Å². The third-order valence-electron chi connectivity index (χ3n) is 8.14. The molecule has 8 nitrogen and oxygen atoms in total. The first-order valence-corrected chi connectivity index (χ1v) is 19.3. The smallest absolute Gasteiger partial charge is 0.468 e. The van der Waals surface area contributed by atoms with Crippen molar-refractivity contribution in [2.45, 2.75) is 81.0 Å². The molecule has 44 heavy (non-hydrogen) atoms. The predicted molar refractivity (Wildman–Crippen MR) is 169 cm³/mol. The lowest BCUT2D eigenvalue weighted by Crippen LogP contribution is -2.51. The molecule has 0 aliphatic carbocycles. The van der Waals surface area contributed by atoms with Crippen LogP contribution < -0.4 is 4.72 Å². The lowest BCUT2D eigenvalue weighted by Gasteiger charge is -2.44. The van der Waals surface area contributed by atoms with Crippen molar-refractivity contribution in [3.63, 3.8) is 0 Å². The van der Waals surface area contributed by atoms with Crippen LogP contribution in [0, 0.1) is 0 Å². The Morgan fingerprint density at radius 3 is 2.00 bits per heavy atom. The zero-order chi connectivity index (χ0) is 33.3. The van der Waals surface area contributed by atoms with Crippen LogP contribution in [0.5, 0.6) is 0 Å². The summed E-state index contributed by atoms with van der Waals surface area (Å²) in [7, 11) is -11.3. The summed E-state index contributed by atoms with van der Waals surface area (Å²) in [5.74, 6) is -1.20. The maximum absolute atomic E-state index is 13.3. The van der Waals surface area contributed by atoms with Gasteiger partial charge in [-0.3, -0.25) is 4.79 Å². The van der Waals surface area contributed by atoms with Crippen molar-refractivity contribution in [2.24, 2.45) is 0 Å². The van der Waals surface area contributed by atoms with Gasteiger partial charge in [0.15, 0.2) is 18.1 Å². The van der Waals surface area contributed by atoms with Crippen molar-refractivity contribution >= 4 is 51.0 Å². The summed E-state index contributed by atoms with van der Waals surface area (Å²) in [4.78, 5) is 12.8. The molecule has 0 unspecified atom stereocenters. The number of carbonyl (C=O) groups excluding carboxylic acids is 1. The molecule has 0 radical (unpaired) electrons. The first-order valence-electron chi connectivity index (χ1n) is 14.1. The summed E-state index contributed by atoms with van der Waals surface area (Å²) in [6.45, 7) is 12.8. The number of sulfonamides is 1. The van der Waals surface area contributed by atoms with Crippen LogP contribution in [0.2, 0.25) is 16.6 Å². The predicted octanol–water partition coefficient (Wildman–Crippen LogP) is 6.63. The van der Waals surface area contributed by atoms with E-state index in [0.29, 0.717) is 22.0 Å². The van der Waals surface area contributed by atoms with E-state index >= 15 is 0 Å². The summed E-state index contributed by atoms with van der Waals surface area (Å²) in [6, 6.07) is 11.2. The second-order valence-corrected chi connectivity index (χ2v) is 20.9. The maximum atomic E-state index is 13.3. The molecule has 1 N–H and O–H groups in total. The standard InChI is InChI=1S/C30H39F3N2O6S2Si/c1-20(2)44(21(3)4,22(5)6)35-19-24(18-26(29(36)41-7)34-43(39,40)30(31,32)33)28-23(12-11-15-27(28)35)16-17-42(37,38)25-13-9-8-10-14-25/h8-17,19-22,26,34H,18H2,1-7H3/b17-16+/t26-/m0/s1. The number of hydrogen-bond acceptors (Lipinski definition) is 6. The lowest BCUT2D eigenvalue weighted by atomic mass is 10.0. The summed E-state index contributed by atoms with van der Waals surface area (Å²) in [6.07, 6.45) is 2.73. The van der Waals surface area contributed by atoms with Crippen LogP contribution in [0.4, 0.5) is 13.2 Å². The normalized spacial score (nSPS) is 14.3. The van der Waals surface area contributed by atoms with Crippen molar-refractivity contribution in [1.82, 2.24) is 8.95 Å². The molecular weight excluding hydrogens is 634 g/mol. The summed E-state index contributed by atoms with van der Waals surface area (Å²) < 4.78 is 98.6. The largest absolute Gasteiger partial charge is 0.511 e. The first-order chi connectivity index (χ1) is 20.3. The van der Waals surface area contributed by atoms with E-state index in [9.17, 15) is 34.8 Å². The van der Waals surface area contributed by atoms with Gasteiger partial charge in [0.2, 0.25) is 0 Å². The van der Waals surface area contributed by atoms with Gasteiger partial charge in [-0.25, -0.2) is 16.8 Å². The maximum Gasteiger partial charge on any atom is 0.511 e. The van der Waals surface area contributed by atoms with E-state index < -0.39 is 52.0 Å². The van der Waals surface area contributed by atoms with Gasteiger partial charge in [0.05, 0.1) is 12.0 Å². The van der Waals surface area contributed by atoms with Crippen LogP contribution >= 0.6 is 0 Å². The quantitative estimate of drug-likeness (QED) is 0.171. The van der Waals surface area contributed by atoms with Crippen molar-refractivity contribution in [3.8, 4) is 0 Å². The average Bonchev–Trinajstić information content (AvgIpc) is 3.29. The number of alkyl halides is 3. The van der Waals surface area contributed by atoms with Gasteiger partial charge in [0.1, 0.15) is 6.04 Å². The second kappa shape index (κ2) is 13.2. The third kappa shape index (κ3) is 6.82. The molecule has 1 aromatic heterocycles. The number of methoxy groups -OCH3 is 1. The van der Waals surface area contributed by atoms with Gasteiger partial charge in [-0.2, -0.15) is 17.9 Å². The highest BCUT2D eigenvalue weighted by Gasteiger charge is 2.49. The lowest BCUT2D eigenvalue weighted by molar-refractivity contribution is -0.142. The number of fused-ring (bicyclic) bond motifs is 1. The minimum atomic E-state index is -5.90. The van der Waals surface area contributed by atoms with Crippen molar-refractivity contribution in [2.75, 3.05) is 7.11 Å². The highest BCUT2D eigenvalue weighted by Crippen LogP contribution is 2.45. The van der Waals surface area contributed by atoms with Crippen LogP contribution in [0.3, 0.4) is 0 Å². The number of carbonyl (C=O) groups is 1. The van der Waals surface area contributed by atoms with Crippen molar-refractivity contribution in [1.29, 1.82) is 0 Å². The molecule has 1 atom stereocenters. The molecule has 0 aliphatic heterocycles. The Bertz CT molecular complexity index is 1710. The Morgan fingerprint density at radius 1 is 0.932 bits per heavy atom. The number of halogens is 3. The highest BCUT2D eigenvalue weighted by molar-refractivity contribution is 7.94. The van der Waals surface area contributed by atoms with E-state index in [-0.39, 0.29) is 21.5 Å². The number of esters is 1. The van der Waals surface area contributed by atoms with Crippen LogP contribution in [0.1, 0.15) is 52.7 Å². The summed E-state index contributed by atoms with van der Waals surface area (Å²) in [5, 5.41) is 1.56. The van der Waals surface area contributed by atoms with Crippen LogP contribution in [0.25, 0.3) is 17.0 Å². The van der Waals surface area contributed by atoms with Gasteiger partial charge >= 0.3 is 21.5 Å². The number of ether oxygens (including phenoxy) is 1. The van der Waals surface area contributed by atoms with E-state index in [0.717, 1.165) is 12.5 Å². The zero-order valence-corrected chi connectivity index (χ0v) is 28.3. The van der Waals surface area contributed by atoms with Gasteiger partial charge in [-0.1, -0.05) is 71.9 Å². The Balaban J connectivity index is 2.36. The minimum Gasteiger partial charge on any atom is -0.468 e. The molecule has 0 fully saturated rings. The molecule has 2 aromatic carbocycles. The van der Waals surface area contributed by atoms with Crippen LogP contribution in [0.15, 0.2) is 65.0 Å². The molecule has 3 aromatic rings. The Kier molecular flexibility index (Phi) is 10.7. The summed E-state index contributed by atoms with van der Waals surface area (Å²) >= 11 is 0. The number of rotatable bonds is 12. The van der Waals surface area contributed by atoms with Gasteiger partial charge in [0, 0.05) is 22.7 Å². The van der Waals surface area contributed by atoms with E-state index in [4.69, 9.17) is 4.74 Å². The Morgan fingerprint density at radius 2 is 1.50 bits per heavy atom. The van der Waals surface area contributed by atoms with Crippen molar-refractivity contribution in [3.05, 3.63) is 71.3 Å². The summed E-state index contributed by atoms with van der Waals surface area (Å²) in [5.41, 5.74) is -3.53. The van der Waals surface area contributed by atoms with Crippen LogP contribution in [-0.2, 0) is 35.8 Å². The molecule has 0 aliphatic rings. The number of hydrogen-bond donors (Lipinski definition) is 1. The molecule has 0 amide bonds. The van der Waals surface area contributed by atoms with Gasteiger partial charge in [-0.05, 0) is 58.2 Å². The van der Waals surface area contributed by atoms with Crippen LogP contribution in [-0.4, -0.2) is 53.9 Å². The fourth-order valence-corrected chi connectivity index (χ4v) is 14.8. The molecule has 3 rings (SSSR count). The monoisotopic (exact) mass is 672 g/mol. The molecule has 0 bridgehead atoms. The van der Waals surface area contributed by atoms with Gasteiger partial charge in [0.25, 0.3) is 0 Å². The molecule has 14 heteroatoms. The molecular formula is C30H39F3N2O6S2Si. The zero-order valence-electron chi connectivity index (χ0n) is 25.7. The first kappa shape index (κ1) is 35.5. The minimum absolute atomic E-state index is 0.0828. The third-order valence-corrected chi connectivity index (χ3v) is 17.5.